The quantitative estimate of drug-likeness (QED) is 0.693. The van der Waals surface area contributed by atoms with Crippen LogP contribution in [0.15, 0.2) is 29.2 Å². The van der Waals surface area contributed by atoms with Gasteiger partial charge in [0.25, 0.3) is 0 Å². The molecule has 2 aliphatic rings. The van der Waals surface area contributed by atoms with E-state index in [9.17, 15) is 8.42 Å². The number of hydrogen-bond donors (Lipinski definition) is 0. The number of hydrogen-bond acceptors (Lipinski definition) is 2. The van der Waals surface area contributed by atoms with Gasteiger partial charge < -0.3 is 0 Å². The van der Waals surface area contributed by atoms with Gasteiger partial charge in [0.05, 0.1) is 4.90 Å². The molecule has 25 heavy (non-hydrogen) atoms. The van der Waals surface area contributed by atoms with E-state index < -0.39 is 17.9 Å². The molecule has 140 valence electrons. The molecule has 1 aromatic carbocycles. The van der Waals surface area contributed by atoms with Gasteiger partial charge in [0.15, 0.2) is 0 Å². The summed E-state index contributed by atoms with van der Waals surface area (Å²) in [7, 11) is -0.491. The zero-order valence-electron chi connectivity index (χ0n) is 15.7. The highest BCUT2D eigenvalue weighted by atomic mass is 32.2. The molecule has 1 aromatic rings. The summed E-state index contributed by atoms with van der Waals surface area (Å²) < 4.78 is 27.3. The molecule has 0 radical (unpaired) electrons. The van der Waals surface area contributed by atoms with E-state index in [-0.39, 0.29) is 0 Å². The van der Waals surface area contributed by atoms with Crippen LogP contribution < -0.4 is 5.30 Å². The number of nitrogens with zero attached hydrogens (tertiary/aromatic N) is 1. The summed E-state index contributed by atoms with van der Waals surface area (Å²) >= 11 is 0. The SMILES string of the molecule is CN(C)S(=O)(=O)c1ccccc1P(C1CCCCC1)C1CCCCC1. The molecule has 2 aliphatic carbocycles. The van der Waals surface area contributed by atoms with E-state index in [1.807, 2.05) is 18.2 Å². The lowest BCUT2D eigenvalue weighted by Gasteiger charge is -2.39. The van der Waals surface area contributed by atoms with E-state index in [1.54, 1.807) is 14.1 Å². The van der Waals surface area contributed by atoms with Crippen molar-refractivity contribution in [1.82, 2.24) is 4.31 Å². The van der Waals surface area contributed by atoms with E-state index in [1.165, 1.54) is 68.5 Å². The van der Waals surface area contributed by atoms with E-state index in [2.05, 4.69) is 6.07 Å². The lowest BCUT2D eigenvalue weighted by atomic mass is 9.99. The molecule has 3 nitrogen and oxygen atoms in total. The van der Waals surface area contributed by atoms with Crippen molar-refractivity contribution in [2.45, 2.75) is 80.4 Å². The molecular weight excluding hydrogens is 349 g/mol. The normalized spacial score (nSPS) is 21.1. The van der Waals surface area contributed by atoms with E-state index in [0.29, 0.717) is 16.2 Å². The third-order valence-corrected chi connectivity index (χ3v) is 11.4. The molecule has 0 bridgehead atoms. The van der Waals surface area contributed by atoms with Crippen molar-refractivity contribution in [3.05, 3.63) is 24.3 Å². The van der Waals surface area contributed by atoms with Gasteiger partial charge in [0.1, 0.15) is 0 Å². The summed E-state index contributed by atoms with van der Waals surface area (Å²) in [6.07, 6.45) is 13.1. The molecule has 0 unspecified atom stereocenters. The highest BCUT2D eigenvalue weighted by Crippen LogP contribution is 2.55. The molecule has 0 spiro atoms. The Balaban J connectivity index is 2.04. The van der Waals surface area contributed by atoms with Crippen LogP contribution in [0.25, 0.3) is 0 Å². The lowest BCUT2D eigenvalue weighted by molar-refractivity contribution is 0.486. The van der Waals surface area contributed by atoms with Gasteiger partial charge in [0.2, 0.25) is 10.0 Å². The highest BCUT2D eigenvalue weighted by molar-refractivity contribution is 7.90. The molecule has 0 saturated heterocycles. The Kier molecular flexibility index (Phi) is 6.57. The van der Waals surface area contributed by atoms with Crippen LogP contribution in [0.1, 0.15) is 64.2 Å². The van der Waals surface area contributed by atoms with Crippen LogP contribution in [-0.4, -0.2) is 38.1 Å². The monoisotopic (exact) mass is 381 g/mol. The summed E-state index contributed by atoms with van der Waals surface area (Å²) in [5, 5.41) is 1.16. The molecule has 2 fully saturated rings. The second kappa shape index (κ2) is 8.50. The third kappa shape index (κ3) is 4.28. The number of rotatable bonds is 5. The third-order valence-electron chi connectivity index (χ3n) is 5.84. The largest absolute Gasteiger partial charge is 0.243 e. The van der Waals surface area contributed by atoms with Gasteiger partial charge in [-0.1, -0.05) is 64.6 Å². The minimum absolute atomic E-state index is 0.408. The van der Waals surface area contributed by atoms with Gasteiger partial charge in [-0.2, -0.15) is 0 Å². The van der Waals surface area contributed by atoms with Crippen molar-refractivity contribution < 1.29 is 8.42 Å². The van der Waals surface area contributed by atoms with Crippen molar-refractivity contribution in [2.75, 3.05) is 14.1 Å². The Bertz CT molecular complexity index is 644. The van der Waals surface area contributed by atoms with Crippen LogP contribution in [-0.2, 0) is 10.0 Å². The summed E-state index contributed by atoms with van der Waals surface area (Å²) in [6, 6.07) is 7.90. The average Bonchev–Trinajstić information content (AvgIpc) is 2.64. The van der Waals surface area contributed by atoms with Crippen LogP contribution in [0.2, 0.25) is 0 Å². The molecule has 0 atom stereocenters. The topological polar surface area (TPSA) is 37.4 Å². The van der Waals surface area contributed by atoms with Crippen molar-refractivity contribution in [1.29, 1.82) is 0 Å². The Morgan fingerprint density at radius 2 is 1.32 bits per heavy atom. The Morgan fingerprint density at radius 3 is 1.80 bits per heavy atom. The maximum Gasteiger partial charge on any atom is 0.243 e. The van der Waals surface area contributed by atoms with Gasteiger partial charge in [-0.05, 0) is 48.4 Å². The van der Waals surface area contributed by atoms with Crippen LogP contribution in [0, 0.1) is 0 Å². The molecular formula is C20H32NO2PS. The Hall–Kier alpha value is -0.440. The average molecular weight is 382 g/mol. The maximum absolute atomic E-state index is 13.0. The van der Waals surface area contributed by atoms with Crippen molar-refractivity contribution >= 4 is 23.2 Å². The molecule has 0 N–H and O–H groups in total. The standard InChI is InChI=1S/C20H32NO2PS/c1-21(2)25(22,23)20-16-10-9-15-19(20)24(17-11-5-3-6-12-17)18-13-7-4-8-14-18/h9-10,15-18H,3-8,11-14H2,1-2H3. The van der Waals surface area contributed by atoms with E-state index >= 15 is 0 Å². The van der Waals surface area contributed by atoms with Gasteiger partial charge >= 0.3 is 0 Å². The first-order chi connectivity index (χ1) is 12.0. The fraction of sp³-hybridized carbons (Fsp3) is 0.700. The van der Waals surface area contributed by atoms with Crippen molar-refractivity contribution in [3.8, 4) is 0 Å². The smallest absolute Gasteiger partial charge is 0.207 e. The zero-order chi connectivity index (χ0) is 17.9. The summed E-state index contributed by atoms with van der Waals surface area (Å²) in [4.78, 5) is 0.572. The maximum atomic E-state index is 13.0. The zero-order valence-corrected chi connectivity index (χ0v) is 17.4. The van der Waals surface area contributed by atoms with Crippen LogP contribution in [0.5, 0.6) is 0 Å². The van der Waals surface area contributed by atoms with Gasteiger partial charge in [-0.25, -0.2) is 12.7 Å². The number of sulfonamides is 1. The minimum atomic E-state index is -3.38. The molecule has 0 aliphatic heterocycles. The molecule has 5 heteroatoms. The molecule has 2 saturated carbocycles. The molecule has 0 amide bonds. The Morgan fingerprint density at radius 1 is 0.840 bits per heavy atom. The first-order valence-corrected chi connectivity index (χ1v) is 12.7. The van der Waals surface area contributed by atoms with Crippen LogP contribution >= 0.6 is 7.92 Å². The van der Waals surface area contributed by atoms with Crippen molar-refractivity contribution in [3.63, 3.8) is 0 Å². The van der Waals surface area contributed by atoms with E-state index in [4.69, 9.17) is 0 Å². The van der Waals surface area contributed by atoms with Gasteiger partial charge in [-0.3, -0.25) is 0 Å². The summed E-state index contributed by atoms with van der Waals surface area (Å²) in [6.45, 7) is 0. The molecule has 0 heterocycles. The van der Waals surface area contributed by atoms with Crippen LogP contribution in [0.4, 0.5) is 0 Å². The predicted molar refractivity (Wildman–Crippen MR) is 108 cm³/mol. The fourth-order valence-corrected chi connectivity index (χ4v) is 9.95. The molecule has 0 aromatic heterocycles. The first-order valence-electron chi connectivity index (χ1n) is 9.81. The minimum Gasteiger partial charge on any atom is -0.207 e. The fourth-order valence-electron chi connectivity index (χ4n) is 4.50. The van der Waals surface area contributed by atoms with Crippen LogP contribution in [0.3, 0.4) is 0 Å². The summed E-state index contributed by atoms with van der Waals surface area (Å²) in [5.41, 5.74) is 1.43. The van der Waals surface area contributed by atoms with Crippen molar-refractivity contribution in [2.24, 2.45) is 0 Å². The summed E-state index contributed by atoms with van der Waals surface area (Å²) in [5.74, 6) is 0. The van der Waals surface area contributed by atoms with Gasteiger partial charge in [-0.15, -0.1) is 0 Å². The molecule has 3 rings (SSSR count). The highest BCUT2D eigenvalue weighted by Gasteiger charge is 2.35. The predicted octanol–water partition coefficient (Wildman–Crippen LogP) is 4.71. The lowest BCUT2D eigenvalue weighted by Crippen LogP contribution is -2.32. The second-order valence-corrected chi connectivity index (χ2v) is 12.6. The Labute approximate surface area is 155 Å². The first kappa shape index (κ1) is 19.3. The van der Waals surface area contributed by atoms with Gasteiger partial charge in [0, 0.05) is 14.1 Å². The number of benzene rings is 1. The second-order valence-electron chi connectivity index (χ2n) is 7.75. The van der Waals surface area contributed by atoms with E-state index in [0.717, 1.165) is 5.30 Å².